The van der Waals surface area contributed by atoms with Crippen molar-refractivity contribution in [1.29, 1.82) is 0 Å². The Hall–Kier alpha value is -0.740. The maximum absolute atomic E-state index is 11.6. The second-order valence-electron chi connectivity index (χ2n) is 2.71. The highest BCUT2D eigenvalue weighted by Crippen LogP contribution is 2.55. The van der Waals surface area contributed by atoms with E-state index in [1.54, 1.807) is 0 Å². The molecule has 0 spiro atoms. The average Bonchev–Trinajstić information content (AvgIpc) is 2.16. The molecule has 0 fully saturated rings. The van der Waals surface area contributed by atoms with Crippen LogP contribution in [0.1, 0.15) is 5.56 Å². The molecule has 0 aromatic heterocycles. The predicted molar refractivity (Wildman–Crippen MR) is 58.4 cm³/mol. The second-order valence-corrected chi connectivity index (χ2v) is 6.01. The number of terminal acetylenes is 1. The Balaban J connectivity index is 2.60. The standard InChI is InChI=1S/C10H10ClO2P/c1-2-8-13-14(11,12)9-10-6-4-3-5-7-10/h1,3-7H,8-9H2. The first-order chi connectivity index (χ1) is 6.64. The van der Waals surface area contributed by atoms with Crippen molar-refractivity contribution in [2.75, 3.05) is 6.61 Å². The molecule has 2 nitrogen and oxygen atoms in total. The van der Waals surface area contributed by atoms with E-state index in [0.29, 0.717) is 0 Å². The molecule has 1 aromatic rings. The van der Waals surface area contributed by atoms with Gasteiger partial charge in [0.2, 0.25) is 0 Å². The van der Waals surface area contributed by atoms with Crippen molar-refractivity contribution >= 4 is 18.0 Å². The molecular formula is C10H10ClO2P. The van der Waals surface area contributed by atoms with Crippen molar-refractivity contribution in [2.24, 2.45) is 0 Å². The molecule has 0 radical (unpaired) electrons. The normalized spacial score (nSPS) is 14.3. The average molecular weight is 229 g/mol. The topological polar surface area (TPSA) is 26.3 Å². The third kappa shape index (κ3) is 3.98. The Morgan fingerprint density at radius 3 is 2.64 bits per heavy atom. The molecule has 0 bridgehead atoms. The van der Waals surface area contributed by atoms with Crippen LogP contribution in [0.2, 0.25) is 0 Å². The van der Waals surface area contributed by atoms with Gasteiger partial charge in [0.15, 0.2) is 0 Å². The minimum Gasteiger partial charge on any atom is -0.304 e. The first kappa shape index (κ1) is 11.3. The summed E-state index contributed by atoms with van der Waals surface area (Å²) in [5.74, 6) is 2.23. The molecule has 4 heteroatoms. The minimum absolute atomic E-state index is 0.0202. The maximum Gasteiger partial charge on any atom is 0.295 e. The lowest BCUT2D eigenvalue weighted by molar-refractivity contribution is 0.371. The van der Waals surface area contributed by atoms with Gasteiger partial charge in [-0.15, -0.1) is 6.42 Å². The Kier molecular flexibility index (Phi) is 4.22. The Morgan fingerprint density at radius 2 is 2.07 bits per heavy atom. The van der Waals surface area contributed by atoms with Gasteiger partial charge in [-0.3, -0.25) is 4.57 Å². The van der Waals surface area contributed by atoms with E-state index in [2.05, 4.69) is 5.92 Å². The smallest absolute Gasteiger partial charge is 0.295 e. The number of halogens is 1. The van der Waals surface area contributed by atoms with Crippen molar-refractivity contribution in [1.82, 2.24) is 0 Å². The summed E-state index contributed by atoms with van der Waals surface area (Å²) in [7, 11) is 0. The van der Waals surface area contributed by atoms with Crippen molar-refractivity contribution in [2.45, 2.75) is 6.16 Å². The van der Waals surface area contributed by atoms with E-state index in [9.17, 15) is 4.57 Å². The molecule has 0 saturated carbocycles. The van der Waals surface area contributed by atoms with Crippen LogP contribution < -0.4 is 0 Å². The zero-order valence-electron chi connectivity index (χ0n) is 7.52. The molecule has 0 aliphatic rings. The van der Waals surface area contributed by atoms with Crippen LogP contribution in [-0.4, -0.2) is 6.61 Å². The van der Waals surface area contributed by atoms with E-state index in [1.165, 1.54) is 0 Å². The van der Waals surface area contributed by atoms with E-state index in [0.717, 1.165) is 5.56 Å². The first-order valence-electron chi connectivity index (χ1n) is 4.05. The lowest BCUT2D eigenvalue weighted by Crippen LogP contribution is -1.89. The van der Waals surface area contributed by atoms with Gasteiger partial charge >= 0.3 is 0 Å². The van der Waals surface area contributed by atoms with Crippen molar-refractivity contribution < 1.29 is 9.09 Å². The largest absolute Gasteiger partial charge is 0.304 e. The third-order valence-electron chi connectivity index (χ3n) is 1.55. The monoisotopic (exact) mass is 228 g/mol. The van der Waals surface area contributed by atoms with E-state index < -0.39 is 6.72 Å². The Bertz CT molecular complexity index is 369. The van der Waals surface area contributed by atoms with E-state index in [-0.39, 0.29) is 12.8 Å². The van der Waals surface area contributed by atoms with Crippen molar-refractivity contribution in [3.8, 4) is 12.3 Å². The highest BCUT2D eigenvalue weighted by atomic mass is 35.7. The lowest BCUT2D eigenvalue weighted by Gasteiger charge is -2.08. The van der Waals surface area contributed by atoms with Crippen LogP contribution in [0.25, 0.3) is 0 Å². The van der Waals surface area contributed by atoms with E-state index in [1.807, 2.05) is 30.3 Å². The number of rotatable bonds is 4. The molecule has 0 aliphatic carbocycles. The molecule has 1 rings (SSSR count). The van der Waals surface area contributed by atoms with Gasteiger partial charge in [-0.25, -0.2) is 0 Å². The summed E-state index contributed by atoms with van der Waals surface area (Å²) in [6, 6.07) is 9.27. The first-order valence-corrected chi connectivity index (χ1v) is 6.76. The van der Waals surface area contributed by atoms with Gasteiger partial charge < -0.3 is 4.52 Å². The Morgan fingerprint density at radius 1 is 1.43 bits per heavy atom. The molecule has 1 unspecified atom stereocenters. The summed E-state index contributed by atoms with van der Waals surface area (Å²) in [6.45, 7) is -3.12. The Labute approximate surface area is 88.5 Å². The van der Waals surface area contributed by atoms with Crippen LogP contribution in [0, 0.1) is 12.3 Å². The van der Waals surface area contributed by atoms with Crippen molar-refractivity contribution in [3.05, 3.63) is 35.9 Å². The van der Waals surface area contributed by atoms with Gasteiger partial charge in [0.1, 0.15) is 6.61 Å². The highest BCUT2D eigenvalue weighted by Gasteiger charge is 2.19. The molecule has 0 amide bonds. The molecule has 0 aliphatic heterocycles. The SMILES string of the molecule is C#CCOP(=O)(Cl)Cc1ccccc1. The van der Waals surface area contributed by atoms with E-state index >= 15 is 0 Å². The summed E-state index contributed by atoms with van der Waals surface area (Å²) in [5.41, 5.74) is 0.878. The third-order valence-corrected chi connectivity index (χ3v) is 3.46. The fourth-order valence-electron chi connectivity index (χ4n) is 0.981. The summed E-state index contributed by atoms with van der Waals surface area (Å²) in [4.78, 5) is 0. The number of hydrogen-bond acceptors (Lipinski definition) is 2. The lowest BCUT2D eigenvalue weighted by atomic mass is 10.2. The van der Waals surface area contributed by atoms with Gasteiger partial charge in [0.05, 0.1) is 6.16 Å². The van der Waals surface area contributed by atoms with Crippen LogP contribution in [0.15, 0.2) is 30.3 Å². The van der Waals surface area contributed by atoms with Gasteiger partial charge in [-0.05, 0) is 16.8 Å². The molecule has 0 saturated heterocycles. The summed E-state index contributed by atoms with van der Waals surface area (Å²) in [5, 5.41) is 0. The van der Waals surface area contributed by atoms with Crippen LogP contribution in [-0.2, 0) is 15.3 Å². The maximum atomic E-state index is 11.6. The molecular weight excluding hydrogens is 219 g/mol. The summed E-state index contributed by atoms with van der Waals surface area (Å²) >= 11 is 5.69. The molecule has 0 heterocycles. The van der Waals surface area contributed by atoms with Crippen molar-refractivity contribution in [3.63, 3.8) is 0 Å². The summed E-state index contributed by atoms with van der Waals surface area (Å²) < 4.78 is 16.5. The fraction of sp³-hybridized carbons (Fsp3) is 0.200. The zero-order valence-corrected chi connectivity index (χ0v) is 9.17. The van der Waals surface area contributed by atoms with Gasteiger partial charge in [-0.2, -0.15) is 0 Å². The zero-order chi connectivity index (χ0) is 10.4. The quantitative estimate of drug-likeness (QED) is 0.584. The second kappa shape index (κ2) is 5.22. The van der Waals surface area contributed by atoms with Gasteiger partial charge in [-0.1, -0.05) is 36.3 Å². The molecule has 0 N–H and O–H groups in total. The minimum atomic E-state index is -3.10. The van der Waals surface area contributed by atoms with Gasteiger partial charge in [0, 0.05) is 0 Å². The molecule has 1 aromatic carbocycles. The van der Waals surface area contributed by atoms with Crippen LogP contribution >= 0.6 is 18.0 Å². The van der Waals surface area contributed by atoms with E-state index in [4.69, 9.17) is 22.2 Å². The predicted octanol–water partition coefficient (Wildman–Crippen LogP) is 3.27. The fourth-order valence-corrected chi connectivity index (χ4v) is 2.55. The highest BCUT2D eigenvalue weighted by molar-refractivity contribution is 7.84. The molecule has 1 atom stereocenters. The molecule has 74 valence electrons. The van der Waals surface area contributed by atoms with Crippen LogP contribution in [0.4, 0.5) is 0 Å². The number of hydrogen-bond donors (Lipinski definition) is 0. The molecule has 14 heavy (non-hydrogen) atoms. The van der Waals surface area contributed by atoms with Crippen LogP contribution in [0.5, 0.6) is 0 Å². The number of benzene rings is 1. The summed E-state index contributed by atoms with van der Waals surface area (Å²) in [6.07, 6.45) is 5.18. The van der Waals surface area contributed by atoms with Crippen LogP contribution in [0.3, 0.4) is 0 Å². The van der Waals surface area contributed by atoms with Gasteiger partial charge in [0.25, 0.3) is 6.72 Å².